The maximum atomic E-state index is 5.35. The summed E-state index contributed by atoms with van der Waals surface area (Å²) in [6.07, 6.45) is 2.69. The first-order chi connectivity index (χ1) is 9.10. The van der Waals surface area contributed by atoms with Gasteiger partial charge in [-0.3, -0.25) is 0 Å². The van der Waals surface area contributed by atoms with E-state index >= 15 is 0 Å². The third-order valence-corrected chi connectivity index (χ3v) is 3.84. The fourth-order valence-corrected chi connectivity index (χ4v) is 3.03. The highest BCUT2D eigenvalue weighted by atomic mass is 79.9. The molecule has 1 atom stereocenters. The van der Waals surface area contributed by atoms with E-state index in [0.29, 0.717) is 0 Å². The van der Waals surface area contributed by atoms with Crippen molar-refractivity contribution in [1.82, 2.24) is 5.32 Å². The van der Waals surface area contributed by atoms with E-state index < -0.39 is 0 Å². The van der Waals surface area contributed by atoms with Crippen LogP contribution in [0.4, 0.5) is 0 Å². The second-order valence-corrected chi connectivity index (χ2v) is 5.68. The van der Waals surface area contributed by atoms with Crippen molar-refractivity contribution in [1.29, 1.82) is 0 Å². The van der Waals surface area contributed by atoms with Crippen molar-refractivity contribution in [2.24, 2.45) is 0 Å². The molecule has 1 aromatic carbocycles. The van der Waals surface area contributed by atoms with E-state index in [1.54, 1.807) is 6.26 Å². The van der Waals surface area contributed by atoms with E-state index in [1.165, 1.54) is 22.3 Å². The lowest BCUT2D eigenvalue weighted by atomic mass is 9.98. The van der Waals surface area contributed by atoms with Crippen molar-refractivity contribution in [3.63, 3.8) is 0 Å². The SMILES string of the molecule is CCNC(Cc1cc(C)cc(C)c1)c1ccoc1Br. The molecule has 0 bridgehead atoms. The minimum atomic E-state index is 0.277. The van der Waals surface area contributed by atoms with Gasteiger partial charge in [0.05, 0.1) is 6.26 Å². The van der Waals surface area contributed by atoms with Crippen LogP contribution in [0.1, 0.15) is 35.2 Å². The highest BCUT2D eigenvalue weighted by molar-refractivity contribution is 9.10. The van der Waals surface area contributed by atoms with Crippen LogP contribution in [-0.4, -0.2) is 6.54 Å². The van der Waals surface area contributed by atoms with Crippen LogP contribution < -0.4 is 5.32 Å². The Bertz CT molecular complexity index is 527. The molecule has 19 heavy (non-hydrogen) atoms. The first kappa shape index (κ1) is 14.4. The van der Waals surface area contributed by atoms with Gasteiger partial charge in [0, 0.05) is 11.6 Å². The molecule has 0 amide bonds. The lowest BCUT2D eigenvalue weighted by Crippen LogP contribution is -2.22. The van der Waals surface area contributed by atoms with E-state index in [1.807, 2.05) is 6.07 Å². The van der Waals surface area contributed by atoms with Gasteiger partial charge in [0.25, 0.3) is 0 Å². The van der Waals surface area contributed by atoms with Crippen LogP contribution in [0.2, 0.25) is 0 Å². The van der Waals surface area contributed by atoms with Gasteiger partial charge in [-0.2, -0.15) is 0 Å². The zero-order valence-electron chi connectivity index (χ0n) is 11.7. The predicted octanol–water partition coefficient (Wildman–Crippen LogP) is 4.55. The number of rotatable bonds is 5. The summed E-state index contributed by atoms with van der Waals surface area (Å²) in [6.45, 7) is 7.36. The van der Waals surface area contributed by atoms with E-state index in [4.69, 9.17) is 4.42 Å². The summed E-state index contributed by atoms with van der Waals surface area (Å²) >= 11 is 3.47. The summed E-state index contributed by atoms with van der Waals surface area (Å²) < 4.78 is 6.18. The Hall–Kier alpha value is -1.06. The van der Waals surface area contributed by atoms with Crippen LogP contribution in [0.25, 0.3) is 0 Å². The molecule has 3 heteroatoms. The van der Waals surface area contributed by atoms with E-state index in [0.717, 1.165) is 17.6 Å². The maximum Gasteiger partial charge on any atom is 0.173 e. The number of furan rings is 1. The first-order valence-electron chi connectivity index (χ1n) is 6.63. The van der Waals surface area contributed by atoms with Crippen LogP contribution in [-0.2, 0) is 6.42 Å². The van der Waals surface area contributed by atoms with Gasteiger partial charge in [-0.1, -0.05) is 36.2 Å². The highest BCUT2D eigenvalue weighted by Gasteiger charge is 2.16. The molecule has 0 saturated heterocycles. The fourth-order valence-electron chi connectivity index (χ4n) is 2.51. The normalized spacial score (nSPS) is 12.6. The zero-order chi connectivity index (χ0) is 13.8. The third kappa shape index (κ3) is 3.71. The Morgan fingerprint density at radius 2 is 1.89 bits per heavy atom. The molecule has 1 N–H and O–H groups in total. The lowest BCUT2D eigenvalue weighted by molar-refractivity contribution is 0.506. The molecule has 0 radical (unpaired) electrons. The molecule has 0 aliphatic rings. The van der Waals surface area contributed by atoms with Gasteiger partial charge in [0.1, 0.15) is 0 Å². The number of hydrogen-bond acceptors (Lipinski definition) is 2. The van der Waals surface area contributed by atoms with Gasteiger partial charge in [-0.25, -0.2) is 0 Å². The van der Waals surface area contributed by atoms with Crippen molar-refractivity contribution in [2.45, 2.75) is 33.2 Å². The van der Waals surface area contributed by atoms with Crippen molar-refractivity contribution < 1.29 is 4.42 Å². The van der Waals surface area contributed by atoms with Crippen LogP contribution in [0.5, 0.6) is 0 Å². The summed E-state index contributed by atoms with van der Waals surface area (Å²) in [4.78, 5) is 0. The Kier molecular flexibility index (Phi) is 4.83. The molecule has 0 aliphatic heterocycles. The number of benzene rings is 1. The molecule has 2 nitrogen and oxygen atoms in total. The number of halogens is 1. The largest absolute Gasteiger partial charge is 0.457 e. The van der Waals surface area contributed by atoms with Crippen molar-refractivity contribution in [3.8, 4) is 0 Å². The number of hydrogen-bond donors (Lipinski definition) is 1. The van der Waals surface area contributed by atoms with Gasteiger partial charge < -0.3 is 9.73 Å². The van der Waals surface area contributed by atoms with Crippen LogP contribution in [0.3, 0.4) is 0 Å². The number of nitrogens with one attached hydrogen (secondary N) is 1. The molecule has 1 heterocycles. The van der Waals surface area contributed by atoms with Crippen LogP contribution in [0.15, 0.2) is 39.6 Å². The number of likely N-dealkylation sites (N-methyl/N-ethyl adjacent to an activating group) is 1. The molecule has 2 aromatic rings. The minimum absolute atomic E-state index is 0.277. The highest BCUT2D eigenvalue weighted by Crippen LogP contribution is 2.27. The van der Waals surface area contributed by atoms with Gasteiger partial charge >= 0.3 is 0 Å². The Balaban J connectivity index is 2.23. The first-order valence-corrected chi connectivity index (χ1v) is 7.43. The molecule has 2 rings (SSSR count). The molecular formula is C16H20BrNO. The topological polar surface area (TPSA) is 25.2 Å². The summed E-state index contributed by atoms with van der Waals surface area (Å²) in [7, 11) is 0. The Morgan fingerprint density at radius 3 is 2.42 bits per heavy atom. The van der Waals surface area contributed by atoms with Crippen LogP contribution in [0, 0.1) is 13.8 Å². The Labute approximate surface area is 123 Å². The van der Waals surface area contributed by atoms with Crippen molar-refractivity contribution in [3.05, 3.63) is 57.5 Å². The van der Waals surface area contributed by atoms with E-state index in [2.05, 4.69) is 60.2 Å². The van der Waals surface area contributed by atoms with Crippen molar-refractivity contribution in [2.75, 3.05) is 6.54 Å². The number of aryl methyl sites for hydroxylation is 2. The quantitative estimate of drug-likeness (QED) is 0.873. The molecular weight excluding hydrogens is 302 g/mol. The molecule has 0 aliphatic carbocycles. The molecule has 1 unspecified atom stereocenters. The molecule has 0 spiro atoms. The molecule has 1 aromatic heterocycles. The van der Waals surface area contributed by atoms with Crippen LogP contribution >= 0.6 is 15.9 Å². The monoisotopic (exact) mass is 321 g/mol. The molecule has 0 saturated carbocycles. The predicted molar refractivity (Wildman–Crippen MR) is 82.4 cm³/mol. The third-order valence-electron chi connectivity index (χ3n) is 3.19. The summed E-state index contributed by atoms with van der Waals surface area (Å²) in [5, 5.41) is 3.52. The van der Waals surface area contributed by atoms with E-state index in [9.17, 15) is 0 Å². The minimum Gasteiger partial charge on any atom is -0.457 e. The Morgan fingerprint density at radius 1 is 1.21 bits per heavy atom. The fraction of sp³-hybridized carbons (Fsp3) is 0.375. The van der Waals surface area contributed by atoms with Gasteiger partial charge in [-0.05, 0) is 54.4 Å². The lowest BCUT2D eigenvalue weighted by Gasteiger charge is -2.18. The molecule has 0 fully saturated rings. The zero-order valence-corrected chi connectivity index (χ0v) is 13.3. The van der Waals surface area contributed by atoms with Gasteiger partial charge in [0.2, 0.25) is 0 Å². The average Bonchev–Trinajstić information content (AvgIpc) is 2.73. The second-order valence-electron chi connectivity index (χ2n) is 4.96. The van der Waals surface area contributed by atoms with Gasteiger partial charge in [-0.15, -0.1) is 0 Å². The average molecular weight is 322 g/mol. The van der Waals surface area contributed by atoms with Crippen molar-refractivity contribution >= 4 is 15.9 Å². The second kappa shape index (κ2) is 6.40. The summed E-state index contributed by atoms with van der Waals surface area (Å²) in [5.41, 5.74) is 5.17. The smallest absolute Gasteiger partial charge is 0.173 e. The molecule has 102 valence electrons. The maximum absolute atomic E-state index is 5.35. The van der Waals surface area contributed by atoms with Gasteiger partial charge in [0.15, 0.2) is 4.67 Å². The van der Waals surface area contributed by atoms with E-state index in [-0.39, 0.29) is 6.04 Å². The summed E-state index contributed by atoms with van der Waals surface area (Å²) in [5.74, 6) is 0. The summed E-state index contributed by atoms with van der Waals surface area (Å²) in [6, 6.07) is 9.02. The standard InChI is InChI=1S/C16H20BrNO/c1-4-18-15(14-5-6-19-16(14)17)10-13-8-11(2)7-12(3)9-13/h5-9,15,18H,4,10H2,1-3H3.